The van der Waals surface area contributed by atoms with Crippen LogP contribution in [-0.4, -0.2) is 66.3 Å². The predicted octanol–water partition coefficient (Wildman–Crippen LogP) is 1.15. The Hall–Kier alpha value is -2.87. The van der Waals surface area contributed by atoms with Crippen LogP contribution < -0.4 is 10.1 Å². The minimum absolute atomic E-state index is 0.0877. The molecule has 1 aromatic carbocycles. The second kappa shape index (κ2) is 7.63. The Morgan fingerprint density at radius 2 is 2.00 bits per heavy atom. The molecule has 8 heteroatoms. The van der Waals surface area contributed by atoms with Crippen molar-refractivity contribution in [1.29, 1.82) is 0 Å². The third-order valence-corrected chi connectivity index (χ3v) is 6.06. The number of hydrogen-bond acceptors (Lipinski definition) is 5. The van der Waals surface area contributed by atoms with Crippen molar-refractivity contribution in [3.05, 3.63) is 52.2 Å². The van der Waals surface area contributed by atoms with Gasteiger partial charge in [-0.25, -0.2) is 0 Å². The smallest absolute Gasteiger partial charge is 0.264 e. The number of hydrogen-bond donors (Lipinski definition) is 1. The first-order chi connectivity index (χ1) is 13.6. The second-order valence-corrected chi connectivity index (χ2v) is 7.84. The molecule has 2 aromatic rings. The van der Waals surface area contributed by atoms with Crippen LogP contribution in [0.2, 0.25) is 0 Å². The van der Waals surface area contributed by atoms with E-state index in [2.05, 4.69) is 5.32 Å². The summed E-state index contributed by atoms with van der Waals surface area (Å²) in [7, 11) is 1.60. The third-order valence-electron chi connectivity index (χ3n) is 5.20. The van der Waals surface area contributed by atoms with Crippen LogP contribution >= 0.6 is 11.3 Å². The van der Waals surface area contributed by atoms with Crippen molar-refractivity contribution in [2.24, 2.45) is 0 Å². The number of fused-ring (bicyclic) bond motifs is 1. The third kappa shape index (κ3) is 3.47. The van der Waals surface area contributed by atoms with E-state index in [1.165, 1.54) is 11.3 Å². The number of amides is 3. The Balaban J connectivity index is 1.44. The quantitative estimate of drug-likeness (QED) is 0.837. The van der Waals surface area contributed by atoms with Crippen molar-refractivity contribution in [2.45, 2.75) is 18.5 Å². The summed E-state index contributed by atoms with van der Waals surface area (Å²) in [5.74, 6) is 0.357. The SMILES string of the molecule is COc1ccc(CC2NC(=O)C3CN(C(=O)c4cccs4)CCN3C2=O)cc1. The monoisotopic (exact) mass is 399 g/mol. The van der Waals surface area contributed by atoms with Gasteiger partial charge in [-0.2, -0.15) is 0 Å². The van der Waals surface area contributed by atoms with Crippen LogP contribution in [0, 0.1) is 0 Å². The van der Waals surface area contributed by atoms with Crippen LogP contribution in [0.25, 0.3) is 0 Å². The van der Waals surface area contributed by atoms with Gasteiger partial charge < -0.3 is 19.9 Å². The van der Waals surface area contributed by atoms with Gasteiger partial charge in [0.1, 0.15) is 17.8 Å². The number of nitrogens with one attached hydrogen (secondary N) is 1. The molecule has 146 valence electrons. The van der Waals surface area contributed by atoms with Gasteiger partial charge in [-0.1, -0.05) is 18.2 Å². The zero-order valence-electron chi connectivity index (χ0n) is 15.5. The van der Waals surface area contributed by atoms with E-state index in [-0.39, 0.29) is 24.3 Å². The number of nitrogens with zero attached hydrogens (tertiary/aromatic N) is 2. The Kier molecular flexibility index (Phi) is 5.04. The Bertz CT molecular complexity index is 881. The molecule has 3 heterocycles. The number of carbonyl (C=O) groups is 3. The van der Waals surface area contributed by atoms with Crippen LogP contribution in [0.15, 0.2) is 41.8 Å². The number of benzene rings is 1. The maximum atomic E-state index is 12.9. The van der Waals surface area contributed by atoms with Gasteiger partial charge >= 0.3 is 0 Å². The fraction of sp³-hybridized carbons (Fsp3) is 0.350. The van der Waals surface area contributed by atoms with Crippen molar-refractivity contribution in [2.75, 3.05) is 26.7 Å². The Morgan fingerprint density at radius 3 is 2.68 bits per heavy atom. The van der Waals surface area contributed by atoms with Gasteiger partial charge in [0.2, 0.25) is 11.8 Å². The van der Waals surface area contributed by atoms with E-state index in [9.17, 15) is 14.4 Å². The molecule has 1 N–H and O–H groups in total. The molecule has 2 atom stereocenters. The van der Waals surface area contributed by atoms with Crippen LogP contribution in [0.5, 0.6) is 5.75 Å². The molecular weight excluding hydrogens is 378 g/mol. The summed E-state index contributed by atoms with van der Waals surface area (Å²) in [6.45, 7) is 1.03. The van der Waals surface area contributed by atoms with Gasteiger partial charge in [0.15, 0.2) is 0 Å². The van der Waals surface area contributed by atoms with Crippen molar-refractivity contribution in [3.8, 4) is 5.75 Å². The Morgan fingerprint density at radius 1 is 1.21 bits per heavy atom. The van der Waals surface area contributed by atoms with Gasteiger partial charge in [-0.15, -0.1) is 11.3 Å². The molecule has 2 aliphatic rings. The van der Waals surface area contributed by atoms with E-state index >= 15 is 0 Å². The number of piperazine rings is 2. The first-order valence-electron chi connectivity index (χ1n) is 9.13. The van der Waals surface area contributed by atoms with Crippen molar-refractivity contribution in [1.82, 2.24) is 15.1 Å². The highest BCUT2D eigenvalue weighted by molar-refractivity contribution is 7.12. The molecule has 0 aliphatic carbocycles. The normalized spacial score (nSPS) is 21.9. The minimum Gasteiger partial charge on any atom is -0.497 e. The lowest BCUT2D eigenvalue weighted by Crippen LogP contribution is -2.70. The highest BCUT2D eigenvalue weighted by Gasteiger charge is 2.44. The predicted molar refractivity (Wildman–Crippen MR) is 104 cm³/mol. The molecule has 2 unspecified atom stereocenters. The summed E-state index contributed by atoms with van der Waals surface area (Å²) in [5.41, 5.74) is 0.949. The first-order valence-corrected chi connectivity index (χ1v) is 10.0. The number of rotatable bonds is 4. The summed E-state index contributed by atoms with van der Waals surface area (Å²) in [6.07, 6.45) is 0.426. The number of ether oxygens (including phenoxy) is 1. The summed E-state index contributed by atoms with van der Waals surface area (Å²) < 4.78 is 5.15. The molecule has 7 nitrogen and oxygen atoms in total. The molecule has 1 aromatic heterocycles. The molecule has 3 amide bonds. The van der Waals surface area contributed by atoms with E-state index in [1.54, 1.807) is 23.0 Å². The number of carbonyl (C=O) groups excluding carboxylic acids is 3. The van der Waals surface area contributed by atoms with Crippen molar-refractivity contribution in [3.63, 3.8) is 0 Å². The summed E-state index contributed by atoms with van der Waals surface area (Å²) in [4.78, 5) is 42.1. The van der Waals surface area contributed by atoms with E-state index in [1.807, 2.05) is 35.7 Å². The van der Waals surface area contributed by atoms with Gasteiger partial charge in [0.05, 0.1) is 18.5 Å². The molecule has 2 aliphatic heterocycles. The second-order valence-electron chi connectivity index (χ2n) is 6.89. The standard InChI is InChI=1S/C20H21N3O4S/c1-27-14-6-4-13(5-7-14)11-15-19(25)23-9-8-22(12-16(23)18(24)21-15)20(26)17-3-2-10-28-17/h2-7,10,15-16H,8-9,11-12H2,1H3,(H,21,24). The molecule has 4 rings (SSSR count). The maximum absolute atomic E-state index is 12.9. The van der Waals surface area contributed by atoms with Crippen molar-refractivity contribution < 1.29 is 19.1 Å². The average molecular weight is 399 g/mol. The van der Waals surface area contributed by atoms with Crippen LogP contribution in [0.1, 0.15) is 15.2 Å². The zero-order chi connectivity index (χ0) is 19.7. The molecule has 2 saturated heterocycles. The van der Waals surface area contributed by atoms with E-state index in [4.69, 9.17) is 4.74 Å². The molecule has 0 radical (unpaired) electrons. The fourth-order valence-electron chi connectivity index (χ4n) is 3.68. The lowest BCUT2D eigenvalue weighted by atomic mass is 9.98. The summed E-state index contributed by atoms with van der Waals surface area (Å²) in [6, 6.07) is 9.84. The highest BCUT2D eigenvalue weighted by atomic mass is 32.1. The largest absolute Gasteiger partial charge is 0.497 e. The molecular formula is C20H21N3O4S. The summed E-state index contributed by atoms with van der Waals surface area (Å²) >= 11 is 1.38. The molecule has 0 bridgehead atoms. The maximum Gasteiger partial charge on any atom is 0.264 e. The first kappa shape index (κ1) is 18.5. The van der Waals surface area contributed by atoms with Crippen LogP contribution in [0.4, 0.5) is 0 Å². The van der Waals surface area contributed by atoms with Crippen LogP contribution in [0.3, 0.4) is 0 Å². The minimum atomic E-state index is -0.628. The van der Waals surface area contributed by atoms with Gasteiger partial charge in [0.25, 0.3) is 5.91 Å². The lowest BCUT2D eigenvalue weighted by Gasteiger charge is -2.45. The number of thiophene rings is 1. The molecule has 28 heavy (non-hydrogen) atoms. The van der Waals surface area contributed by atoms with E-state index in [0.717, 1.165) is 11.3 Å². The van der Waals surface area contributed by atoms with Crippen molar-refractivity contribution >= 4 is 29.1 Å². The fourth-order valence-corrected chi connectivity index (χ4v) is 4.37. The average Bonchev–Trinajstić information content (AvgIpc) is 3.26. The topological polar surface area (TPSA) is 79.0 Å². The van der Waals surface area contributed by atoms with E-state index in [0.29, 0.717) is 24.4 Å². The zero-order valence-corrected chi connectivity index (χ0v) is 16.3. The lowest BCUT2D eigenvalue weighted by molar-refractivity contribution is -0.152. The van der Waals surface area contributed by atoms with Gasteiger partial charge in [-0.3, -0.25) is 14.4 Å². The van der Waals surface area contributed by atoms with E-state index < -0.39 is 12.1 Å². The molecule has 2 fully saturated rings. The highest BCUT2D eigenvalue weighted by Crippen LogP contribution is 2.21. The summed E-state index contributed by atoms with van der Waals surface area (Å²) in [5, 5.41) is 4.69. The number of methoxy groups -OCH3 is 1. The molecule has 0 spiro atoms. The van der Waals surface area contributed by atoms with Gasteiger partial charge in [0, 0.05) is 19.5 Å². The molecule has 0 saturated carbocycles. The van der Waals surface area contributed by atoms with Gasteiger partial charge in [-0.05, 0) is 29.1 Å². The van der Waals surface area contributed by atoms with Crippen LogP contribution in [-0.2, 0) is 16.0 Å². The Labute approximate surface area is 166 Å².